The van der Waals surface area contributed by atoms with E-state index in [4.69, 9.17) is 4.98 Å². The average molecular weight is 410 g/mol. The summed E-state index contributed by atoms with van der Waals surface area (Å²) >= 11 is 0. The molecule has 3 heterocycles. The number of anilines is 4. The fourth-order valence-corrected chi connectivity index (χ4v) is 5.38. The first kappa shape index (κ1) is 19.9. The van der Waals surface area contributed by atoms with E-state index in [9.17, 15) is 0 Å². The molecule has 1 aromatic heterocycles. The normalized spacial score (nSPS) is 23.4. The summed E-state index contributed by atoms with van der Waals surface area (Å²) < 4.78 is 0. The number of aromatic nitrogens is 1. The summed E-state index contributed by atoms with van der Waals surface area (Å²) in [6, 6.07) is 23.9. The van der Waals surface area contributed by atoms with Crippen LogP contribution < -0.4 is 9.80 Å². The van der Waals surface area contributed by atoms with Crippen molar-refractivity contribution in [2.75, 3.05) is 9.80 Å². The molecule has 2 aliphatic heterocycles. The highest BCUT2D eigenvalue weighted by molar-refractivity contribution is 5.89. The smallest absolute Gasteiger partial charge is 0.159 e. The molecule has 5 rings (SSSR count). The zero-order valence-electron chi connectivity index (χ0n) is 19.1. The Kier molecular flexibility index (Phi) is 4.30. The predicted molar refractivity (Wildman–Crippen MR) is 131 cm³/mol. The molecule has 0 saturated carbocycles. The first-order valence-electron chi connectivity index (χ1n) is 11.2. The number of nitrogens with zero attached hydrogens (tertiary/aromatic N) is 3. The molecule has 2 atom stereocenters. The van der Waals surface area contributed by atoms with Crippen molar-refractivity contribution >= 4 is 22.9 Å². The molecule has 0 N–H and O–H groups in total. The molecule has 0 bridgehead atoms. The molecule has 2 aromatic carbocycles. The zero-order valence-corrected chi connectivity index (χ0v) is 19.1. The summed E-state index contributed by atoms with van der Waals surface area (Å²) in [5.74, 6) is 1.42. The fourth-order valence-electron chi connectivity index (χ4n) is 5.38. The van der Waals surface area contributed by atoms with Gasteiger partial charge in [0.2, 0.25) is 0 Å². The van der Waals surface area contributed by atoms with Crippen molar-refractivity contribution in [1.29, 1.82) is 0 Å². The highest BCUT2D eigenvalue weighted by Crippen LogP contribution is 2.62. The number of hydrogen-bond donors (Lipinski definition) is 0. The minimum absolute atomic E-state index is 0.0812. The summed E-state index contributed by atoms with van der Waals surface area (Å²) in [5.41, 5.74) is 5.68. The van der Waals surface area contributed by atoms with Crippen LogP contribution in [0.15, 0.2) is 79.4 Å². The molecule has 31 heavy (non-hydrogen) atoms. The number of allylic oxidation sites excluding steroid dienone is 1. The van der Waals surface area contributed by atoms with Crippen molar-refractivity contribution in [3.05, 3.63) is 90.6 Å². The lowest BCUT2D eigenvalue weighted by Crippen LogP contribution is -2.60. The fraction of sp³-hybridized carbons (Fsp3) is 0.321. The molecule has 2 unspecified atom stereocenters. The van der Waals surface area contributed by atoms with Crippen molar-refractivity contribution in [1.82, 2.24) is 4.98 Å². The van der Waals surface area contributed by atoms with Gasteiger partial charge >= 0.3 is 0 Å². The first-order valence-corrected chi connectivity index (χ1v) is 11.2. The van der Waals surface area contributed by atoms with E-state index in [1.54, 1.807) is 0 Å². The first-order chi connectivity index (χ1) is 14.8. The molecule has 0 fully saturated rings. The Morgan fingerprint density at radius 3 is 2.23 bits per heavy atom. The van der Waals surface area contributed by atoms with E-state index in [-0.39, 0.29) is 17.0 Å². The van der Waals surface area contributed by atoms with Gasteiger partial charge in [-0.2, -0.15) is 0 Å². The van der Waals surface area contributed by atoms with Crippen molar-refractivity contribution in [2.45, 2.75) is 52.1 Å². The van der Waals surface area contributed by atoms with Gasteiger partial charge in [-0.25, -0.2) is 4.98 Å². The van der Waals surface area contributed by atoms with Crippen LogP contribution in [0, 0.1) is 5.41 Å². The quantitative estimate of drug-likeness (QED) is 0.423. The van der Waals surface area contributed by atoms with Crippen molar-refractivity contribution in [3.8, 4) is 0 Å². The molecule has 2 aliphatic rings. The third-order valence-corrected chi connectivity index (χ3v) is 7.59. The van der Waals surface area contributed by atoms with Crippen LogP contribution in [0.4, 0.5) is 22.9 Å². The zero-order chi connectivity index (χ0) is 22.0. The van der Waals surface area contributed by atoms with E-state index in [1.807, 2.05) is 0 Å². The van der Waals surface area contributed by atoms with Gasteiger partial charge in [0.1, 0.15) is 6.17 Å². The number of benzene rings is 2. The number of fused-ring (bicyclic) bond motifs is 5. The number of hydrogen-bond acceptors (Lipinski definition) is 3. The second-order valence-corrected chi connectivity index (χ2v) is 9.83. The van der Waals surface area contributed by atoms with Crippen molar-refractivity contribution in [3.63, 3.8) is 0 Å². The Bertz CT molecular complexity index is 1150. The Morgan fingerprint density at radius 2 is 1.55 bits per heavy atom. The minimum atomic E-state index is -0.194. The summed E-state index contributed by atoms with van der Waals surface area (Å²) in [7, 11) is 0. The molecule has 3 nitrogen and oxygen atoms in total. The lowest BCUT2D eigenvalue weighted by molar-refractivity contribution is 0.171. The second-order valence-electron chi connectivity index (χ2n) is 9.83. The lowest BCUT2D eigenvalue weighted by Gasteiger charge is -2.56. The highest BCUT2D eigenvalue weighted by Gasteiger charge is 2.59. The molecule has 3 aromatic rings. The monoisotopic (exact) mass is 409 g/mol. The van der Waals surface area contributed by atoms with E-state index in [1.165, 1.54) is 16.9 Å². The Balaban J connectivity index is 1.86. The Morgan fingerprint density at radius 1 is 0.871 bits per heavy atom. The molecule has 158 valence electrons. The van der Waals surface area contributed by atoms with Crippen LogP contribution in [0.25, 0.3) is 0 Å². The summed E-state index contributed by atoms with van der Waals surface area (Å²) in [6.07, 6.45) is 2.22. The maximum Gasteiger partial charge on any atom is 0.159 e. The van der Waals surface area contributed by atoms with Crippen LogP contribution >= 0.6 is 0 Å². The van der Waals surface area contributed by atoms with Crippen LogP contribution in [0.5, 0.6) is 0 Å². The third-order valence-electron chi connectivity index (χ3n) is 7.59. The Hall–Kier alpha value is -3.07. The summed E-state index contributed by atoms with van der Waals surface area (Å²) in [6.45, 7) is 15.8. The minimum Gasteiger partial charge on any atom is -0.316 e. The third kappa shape index (κ3) is 2.56. The largest absolute Gasteiger partial charge is 0.316 e. The summed E-state index contributed by atoms with van der Waals surface area (Å²) in [5, 5.41) is 0. The van der Waals surface area contributed by atoms with Gasteiger partial charge in [0.05, 0.1) is 5.69 Å². The molecular formula is C28H31N3. The molecular weight excluding hydrogens is 378 g/mol. The van der Waals surface area contributed by atoms with Gasteiger partial charge in [-0.3, -0.25) is 0 Å². The maximum atomic E-state index is 5.21. The number of para-hydroxylation sites is 2. The molecule has 3 heteroatoms. The van der Waals surface area contributed by atoms with Gasteiger partial charge in [-0.1, -0.05) is 77.1 Å². The molecule has 0 saturated heterocycles. The van der Waals surface area contributed by atoms with Gasteiger partial charge in [0, 0.05) is 27.9 Å². The van der Waals surface area contributed by atoms with Crippen LogP contribution in [-0.2, 0) is 5.41 Å². The molecule has 0 radical (unpaired) electrons. The van der Waals surface area contributed by atoms with E-state index >= 15 is 0 Å². The van der Waals surface area contributed by atoms with E-state index in [0.717, 1.165) is 17.2 Å². The maximum absolute atomic E-state index is 5.21. The van der Waals surface area contributed by atoms with Crippen molar-refractivity contribution in [2.24, 2.45) is 5.41 Å². The SMILES string of the molecule is C=CC1(C)c2ccccc2N2c3nc(C(C)C)ccc3N(c3ccccc3)C2C1(C)C. The van der Waals surface area contributed by atoms with E-state index in [0.29, 0.717) is 5.92 Å². The average Bonchev–Trinajstić information content (AvgIpc) is 3.13. The van der Waals surface area contributed by atoms with Gasteiger partial charge in [0.15, 0.2) is 5.82 Å². The van der Waals surface area contributed by atoms with Gasteiger partial charge < -0.3 is 9.80 Å². The molecule has 0 amide bonds. The number of pyridine rings is 1. The lowest BCUT2D eigenvalue weighted by atomic mass is 9.58. The standard InChI is InChI=1S/C28H31N3/c1-7-28(6)21-15-11-12-16-23(21)31-25-24(18-17-22(29-25)19(2)3)30(26(31)27(28,4)5)20-13-9-8-10-14-20/h7-19,26H,1H2,2-6H3. The molecule has 0 spiro atoms. The topological polar surface area (TPSA) is 19.4 Å². The van der Waals surface area contributed by atoms with Gasteiger partial charge in [-0.05, 0) is 41.8 Å². The molecule has 0 aliphatic carbocycles. The highest BCUT2D eigenvalue weighted by atomic mass is 15.5. The van der Waals surface area contributed by atoms with Crippen LogP contribution in [-0.4, -0.2) is 11.1 Å². The van der Waals surface area contributed by atoms with Crippen LogP contribution in [0.1, 0.15) is 51.8 Å². The van der Waals surface area contributed by atoms with Gasteiger partial charge in [0.25, 0.3) is 0 Å². The van der Waals surface area contributed by atoms with Gasteiger partial charge in [-0.15, -0.1) is 6.58 Å². The second kappa shape index (κ2) is 6.71. The van der Waals surface area contributed by atoms with Crippen molar-refractivity contribution < 1.29 is 0 Å². The van der Waals surface area contributed by atoms with Crippen LogP contribution in [0.2, 0.25) is 0 Å². The number of rotatable bonds is 3. The Labute approximate surface area is 186 Å². The van der Waals surface area contributed by atoms with E-state index < -0.39 is 0 Å². The van der Waals surface area contributed by atoms with Crippen LogP contribution in [0.3, 0.4) is 0 Å². The van der Waals surface area contributed by atoms with E-state index in [2.05, 4.69) is 124 Å². The summed E-state index contributed by atoms with van der Waals surface area (Å²) in [4.78, 5) is 10.2. The predicted octanol–water partition coefficient (Wildman–Crippen LogP) is 7.30.